The van der Waals surface area contributed by atoms with E-state index in [0.29, 0.717) is 13.1 Å². The van der Waals surface area contributed by atoms with E-state index in [1.807, 2.05) is 6.92 Å². The van der Waals surface area contributed by atoms with Crippen molar-refractivity contribution in [1.82, 2.24) is 20.2 Å². The van der Waals surface area contributed by atoms with Crippen molar-refractivity contribution in [3.63, 3.8) is 0 Å². The molecule has 2 N–H and O–H groups in total. The molecule has 6 nitrogen and oxygen atoms in total. The van der Waals surface area contributed by atoms with Crippen LogP contribution in [-0.4, -0.2) is 32.5 Å². The second kappa shape index (κ2) is 4.66. The Balaban J connectivity index is 2.62. The number of carbonyl (C=O) groups is 1. The lowest BCUT2D eigenvalue weighted by Crippen LogP contribution is -2.10. The van der Waals surface area contributed by atoms with Crippen LogP contribution in [0.2, 0.25) is 0 Å². The van der Waals surface area contributed by atoms with Crippen molar-refractivity contribution in [3.8, 4) is 0 Å². The highest BCUT2D eigenvalue weighted by molar-refractivity contribution is 5.92. The maximum atomic E-state index is 11.2. The first-order valence-corrected chi connectivity index (χ1v) is 4.29. The van der Waals surface area contributed by atoms with Crippen LogP contribution in [-0.2, 0) is 6.54 Å². The van der Waals surface area contributed by atoms with E-state index in [2.05, 4.69) is 15.4 Å². The molecule has 0 saturated heterocycles. The summed E-state index contributed by atoms with van der Waals surface area (Å²) >= 11 is 0. The normalized spacial score (nSPS) is 10.3. The molecule has 1 heterocycles. The van der Waals surface area contributed by atoms with E-state index in [9.17, 15) is 4.79 Å². The van der Waals surface area contributed by atoms with Crippen LogP contribution in [0.15, 0.2) is 0 Å². The molecular weight excluding hydrogens is 170 g/mol. The van der Waals surface area contributed by atoms with Crippen molar-refractivity contribution in [2.45, 2.75) is 26.3 Å². The molecule has 0 unspecified atom stereocenters. The zero-order valence-corrected chi connectivity index (χ0v) is 7.60. The molecule has 0 saturated carbocycles. The standard InChI is InChI=1S/C7H13N5O/c1-2-5-12-10-7(9-11-12)6(13)3-4-8/h2-5,8H2,1H3. The van der Waals surface area contributed by atoms with E-state index in [1.165, 1.54) is 4.80 Å². The molecule has 1 aromatic rings. The van der Waals surface area contributed by atoms with Crippen LogP contribution in [0.1, 0.15) is 30.4 Å². The minimum Gasteiger partial charge on any atom is -0.330 e. The van der Waals surface area contributed by atoms with E-state index in [0.717, 1.165) is 6.42 Å². The lowest BCUT2D eigenvalue weighted by molar-refractivity contribution is 0.0975. The highest BCUT2D eigenvalue weighted by atomic mass is 16.1. The van der Waals surface area contributed by atoms with Gasteiger partial charge in [0.25, 0.3) is 0 Å². The Kier molecular flexibility index (Phi) is 3.51. The summed E-state index contributed by atoms with van der Waals surface area (Å²) < 4.78 is 0. The van der Waals surface area contributed by atoms with Crippen molar-refractivity contribution >= 4 is 5.78 Å². The molecule has 13 heavy (non-hydrogen) atoms. The maximum absolute atomic E-state index is 11.2. The van der Waals surface area contributed by atoms with Gasteiger partial charge in [-0.05, 0) is 18.2 Å². The quantitative estimate of drug-likeness (QED) is 0.628. The van der Waals surface area contributed by atoms with Crippen LogP contribution in [0, 0.1) is 0 Å². The molecule has 0 aliphatic heterocycles. The van der Waals surface area contributed by atoms with Gasteiger partial charge >= 0.3 is 0 Å². The molecule has 0 spiro atoms. The monoisotopic (exact) mass is 183 g/mol. The first-order chi connectivity index (χ1) is 6.27. The Labute approximate surface area is 76.1 Å². The lowest BCUT2D eigenvalue weighted by Gasteiger charge is -1.91. The number of aromatic nitrogens is 4. The smallest absolute Gasteiger partial charge is 0.240 e. The molecule has 0 fully saturated rings. The van der Waals surface area contributed by atoms with Crippen LogP contribution in [0.25, 0.3) is 0 Å². The fraction of sp³-hybridized carbons (Fsp3) is 0.714. The van der Waals surface area contributed by atoms with Gasteiger partial charge in [0.2, 0.25) is 11.6 Å². The molecule has 0 aliphatic rings. The van der Waals surface area contributed by atoms with Gasteiger partial charge < -0.3 is 5.73 Å². The highest BCUT2D eigenvalue weighted by Crippen LogP contribution is 1.93. The second-order valence-corrected chi connectivity index (χ2v) is 2.67. The Morgan fingerprint density at radius 3 is 3.00 bits per heavy atom. The van der Waals surface area contributed by atoms with Crippen molar-refractivity contribution < 1.29 is 4.79 Å². The summed E-state index contributed by atoms with van der Waals surface area (Å²) in [5, 5.41) is 11.3. The number of carbonyl (C=O) groups excluding carboxylic acids is 1. The Morgan fingerprint density at radius 1 is 1.62 bits per heavy atom. The van der Waals surface area contributed by atoms with E-state index in [4.69, 9.17) is 5.73 Å². The minimum atomic E-state index is -0.148. The molecule has 0 amide bonds. The first kappa shape index (κ1) is 9.79. The average molecular weight is 183 g/mol. The molecule has 1 aromatic heterocycles. The number of tetrazole rings is 1. The Morgan fingerprint density at radius 2 is 2.38 bits per heavy atom. The zero-order chi connectivity index (χ0) is 9.68. The summed E-state index contributed by atoms with van der Waals surface area (Å²) in [5.41, 5.74) is 5.23. The maximum Gasteiger partial charge on any atom is 0.240 e. The number of nitrogens with zero attached hydrogens (tertiary/aromatic N) is 4. The van der Waals surface area contributed by atoms with Crippen LogP contribution in [0.4, 0.5) is 0 Å². The van der Waals surface area contributed by atoms with E-state index in [-0.39, 0.29) is 18.0 Å². The largest absolute Gasteiger partial charge is 0.330 e. The lowest BCUT2D eigenvalue weighted by atomic mass is 10.3. The number of aryl methyl sites for hydroxylation is 1. The molecular formula is C7H13N5O. The summed E-state index contributed by atoms with van der Waals surface area (Å²) in [6.07, 6.45) is 1.19. The van der Waals surface area contributed by atoms with E-state index in [1.54, 1.807) is 0 Å². The topological polar surface area (TPSA) is 86.7 Å². The van der Waals surface area contributed by atoms with Gasteiger partial charge in [-0.3, -0.25) is 4.79 Å². The highest BCUT2D eigenvalue weighted by Gasteiger charge is 2.10. The van der Waals surface area contributed by atoms with Crippen LogP contribution < -0.4 is 5.73 Å². The van der Waals surface area contributed by atoms with Gasteiger partial charge in [0.15, 0.2) is 0 Å². The third kappa shape index (κ3) is 2.59. The summed E-state index contributed by atoms with van der Waals surface area (Å²) in [7, 11) is 0. The summed E-state index contributed by atoms with van der Waals surface area (Å²) in [5.74, 6) is 0.0174. The predicted molar refractivity (Wildman–Crippen MR) is 46.1 cm³/mol. The molecule has 0 atom stereocenters. The summed E-state index contributed by atoms with van der Waals surface area (Å²) in [4.78, 5) is 12.6. The van der Waals surface area contributed by atoms with Crippen LogP contribution in [0.3, 0.4) is 0 Å². The Bertz CT molecular complexity index is 282. The predicted octanol–water partition coefficient (Wildman–Crippen LogP) is -0.385. The number of rotatable bonds is 5. The van der Waals surface area contributed by atoms with Crippen molar-refractivity contribution in [3.05, 3.63) is 5.82 Å². The van der Waals surface area contributed by atoms with Gasteiger partial charge in [-0.1, -0.05) is 6.92 Å². The van der Waals surface area contributed by atoms with Gasteiger partial charge in [-0.15, -0.1) is 10.2 Å². The van der Waals surface area contributed by atoms with Gasteiger partial charge in [0, 0.05) is 6.42 Å². The fourth-order valence-corrected chi connectivity index (χ4v) is 0.892. The fourth-order valence-electron chi connectivity index (χ4n) is 0.892. The Hall–Kier alpha value is -1.30. The number of hydrogen-bond acceptors (Lipinski definition) is 5. The number of nitrogens with two attached hydrogens (primary N) is 1. The van der Waals surface area contributed by atoms with Crippen molar-refractivity contribution in [1.29, 1.82) is 0 Å². The number of hydrogen-bond donors (Lipinski definition) is 1. The third-order valence-electron chi connectivity index (χ3n) is 1.50. The van der Waals surface area contributed by atoms with Crippen molar-refractivity contribution in [2.24, 2.45) is 5.73 Å². The van der Waals surface area contributed by atoms with Gasteiger partial charge in [-0.2, -0.15) is 4.80 Å². The van der Waals surface area contributed by atoms with Gasteiger partial charge in [0.05, 0.1) is 6.54 Å². The van der Waals surface area contributed by atoms with Crippen LogP contribution >= 0.6 is 0 Å². The SMILES string of the molecule is CCCn1nnc(C(=O)CCN)n1. The third-order valence-corrected chi connectivity index (χ3v) is 1.50. The summed E-state index contributed by atoms with van der Waals surface area (Å²) in [6, 6.07) is 0. The van der Waals surface area contributed by atoms with E-state index < -0.39 is 0 Å². The molecule has 72 valence electrons. The molecule has 6 heteroatoms. The molecule has 0 radical (unpaired) electrons. The molecule has 0 aliphatic carbocycles. The first-order valence-electron chi connectivity index (χ1n) is 4.29. The molecule has 0 bridgehead atoms. The molecule has 0 aromatic carbocycles. The number of ketones is 1. The van der Waals surface area contributed by atoms with E-state index >= 15 is 0 Å². The van der Waals surface area contributed by atoms with Gasteiger partial charge in [0.1, 0.15) is 0 Å². The molecule has 1 rings (SSSR count). The number of Topliss-reactive ketones (excluding diaryl/α,β-unsaturated/α-hetero) is 1. The minimum absolute atomic E-state index is 0.148. The van der Waals surface area contributed by atoms with Gasteiger partial charge in [-0.25, -0.2) is 0 Å². The second-order valence-electron chi connectivity index (χ2n) is 2.67. The average Bonchev–Trinajstić information content (AvgIpc) is 2.54. The summed E-state index contributed by atoms with van der Waals surface area (Å²) in [6.45, 7) is 3.01. The zero-order valence-electron chi connectivity index (χ0n) is 7.60. The van der Waals surface area contributed by atoms with Crippen LogP contribution in [0.5, 0.6) is 0 Å². The van der Waals surface area contributed by atoms with Crippen molar-refractivity contribution in [2.75, 3.05) is 6.54 Å².